The number of hydrogen-bond acceptors (Lipinski definition) is 2. The molecule has 0 bridgehead atoms. The maximum Gasteiger partial charge on any atom is 0.0370 e. The van der Waals surface area contributed by atoms with Crippen molar-refractivity contribution in [2.24, 2.45) is 11.7 Å². The van der Waals surface area contributed by atoms with E-state index in [4.69, 9.17) is 5.73 Å². The Hall–Kier alpha value is -1.54. The van der Waals surface area contributed by atoms with Crippen LogP contribution in [0.25, 0.3) is 10.8 Å². The largest absolute Gasteiger partial charge is 0.374 e. The van der Waals surface area contributed by atoms with Gasteiger partial charge in [0.05, 0.1) is 0 Å². The summed E-state index contributed by atoms with van der Waals surface area (Å²) < 4.78 is 0. The van der Waals surface area contributed by atoms with E-state index in [0.29, 0.717) is 5.92 Å². The van der Waals surface area contributed by atoms with Crippen LogP contribution in [0.2, 0.25) is 0 Å². The summed E-state index contributed by atoms with van der Waals surface area (Å²) in [5.41, 5.74) is 8.20. The van der Waals surface area contributed by atoms with Crippen molar-refractivity contribution in [3.63, 3.8) is 0 Å². The van der Waals surface area contributed by atoms with E-state index >= 15 is 0 Å². The molecule has 1 unspecified atom stereocenters. The van der Waals surface area contributed by atoms with Crippen LogP contribution in [0.15, 0.2) is 36.4 Å². The summed E-state index contributed by atoms with van der Waals surface area (Å²) in [6, 6.07) is 13.3. The molecule has 19 heavy (non-hydrogen) atoms. The van der Waals surface area contributed by atoms with E-state index in [1.54, 1.807) is 0 Å². The molecule has 0 aliphatic heterocycles. The first kappa shape index (κ1) is 13.9. The summed E-state index contributed by atoms with van der Waals surface area (Å²) >= 11 is 0. The molecule has 102 valence electrons. The molecule has 0 aliphatic rings. The van der Waals surface area contributed by atoms with E-state index in [1.807, 2.05) is 0 Å². The Morgan fingerprint density at radius 1 is 1.11 bits per heavy atom. The summed E-state index contributed by atoms with van der Waals surface area (Å²) in [7, 11) is 2.16. The van der Waals surface area contributed by atoms with E-state index in [1.165, 1.54) is 22.0 Å². The number of anilines is 1. The average Bonchev–Trinajstić information content (AvgIpc) is 2.38. The lowest BCUT2D eigenvalue weighted by molar-refractivity contribution is 0.539. The normalized spacial score (nSPS) is 12.6. The van der Waals surface area contributed by atoms with Gasteiger partial charge in [0, 0.05) is 19.3 Å². The van der Waals surface area contributed by atoms with Crippen LogP contribution < -0.4 is 10.6 Å². The number of aryl methyl sites for hydroxylation is 1. The second-order valence-corrected chi connectivity index (χ2v) is 5.60. The van der Waals surface area contributed by atoms with Gasteiger partial charge in [0.2, 0.25) is 0 Å². The monoisotopic (exact) mass is 256 g/mol. The molecule has 2 heteroatoms. The van der Waals surface area contributed by atoms with Crippen molar-refractivity contribution < 1.29 is 0 Å². The number of nitrogens with zero attached hydrogens (tertiary/aromatic N) is 1. The first-order valence-electron chi connectivity index (χ1n) is 7.02. The number of fused-ring (bicyclic) bond motifs is 1. The lowest BCUT2D eigenvalue weighted by Gasteiger charge is -2.23. The Balaban J connectivity index is 2.18. The van der Waals surface area contributed by atoms with Crippen LogP contribution in [0.4, 0.5) is 5.69 Å². The molecule has 0 heterocycles. The van der Waals surface area contributed by atoms with Gasteiger partial charge in [0.1, 0.15) is 0 Å². The molecule has 2 N–H and O–H groups in total. The fraction of sp³-hybridized carbons (Fsp3) is 0.412. The van der Waals surface area contributed by atoms with Crippen molar-refractivity contribution in [1.82, 2.24) is 0 Å². The van der Waals surface area contributed by atoms with Crippen LogP contribution in [0, 0.1) is 12.8 Å². The van der Waals surface area contributed by atoms with Gasteiger partial charge in [0.25, 0.3) is 0 Å². The van der Waals surface area contributed by atoms with Crippen LogP contribution in [0.3, 0.4) is 0 Å². The minimum absolute atomic E-state index is 0.628. The van der Waals surface area contributed by atoms with E-state index < -0.39 is 0 Å². The SMILES string of the molecule is Cc1ccc2cc(N(C)CC(C)CCN)ccc2c1. The Labute approximate surface area is 116 Å². The maximum absolute atomic E-state index is 5.61. The van der Waals surface area contributed by atoms with Crippen molar-refractivity contribution in [3.05, 3.63) is 42.0 Å². The number of benzene rings is 2. The molecule has 0 aromatic heterocycles. The zero-order chi connectivity index (χ0) is 13.8. The van der Waals surface area contributed by atoms with Gasteiger partial charge in [0.15, 0.2) is 0 Å². The van der Waals surface area contributed by atoms with Crippen molar-refractivity contribution in [3.8, 4) is 0 Å². The van der Waals surface area contributed by atoms with E-state index in [9.17, 15) is 0 Å². The fourth-order valence-electron chi connectivity index (χ4n) is 2.54. The minimum Gasteiger partial charge on any atom is -0.374 e. The van der Waals surface area contributed by atoms with Crippen LogP contribution in [-0.4, -0.2) is 20.1 Å². The molecule has 0 saturated carbocycles. The van der Waals surface area contributed by atoms with Crippen LogP contribution in [-0.2, 0) is 0 Å². The van der Waals surface area contributed by atoms with Gasteiger partial charge in [-0.2, -0.15) is 0 Å². The third-order valence-corrected chi connectivity index (χ3v) is 3.67. The quantitative estimate of drug-likeness (QED) is 0.886. The number of hydrogen-bond donors (Lipinski definition) is 1. The molecule has 2 aromatic carbocycles. The first-order valence-corrected chi connectivity index (χ1v) is 7.02. The van der Waals surface area contributed by atoms with Gasteiger partial charge in [-0.1, -0.05) is 36.8 Å². The summed E-state index contributed by atoms with van der Waals surface area (Å²) in [6.07, 6.45) is 1.08. The topological polar surface area (TPSA) is 29.3 Å². The zero-order valence-electron chi connectivity index (χ0n) is 12.2. The summed E-state index contributed by atoms with van der Waals surface area (Å²) in [5.74, 6) is 0.628. The Morgan fingerprint density at radius 2 is 1.79 bits per heavy atom. The van der Waals surface area contributed by atoms with Crippen molar-refractivity contribution in [2.75, 3.05) is 25.0 Å². The average molecular weight is 256 g/mol. The van der Waals surface area contributed by atoms with E-state index in [0.717, 1.165) is 19.5 Å². The molecule has 0 radical (unpaired) electrons. The molecule has 0 amide bonds. The van der Waals surface area contributed by atoms with Gasteiger partial charge in [-0.25, -0.2) is 0 Å². The molecular weight excluding hydrogens is 232 g/mol. The van der Waals surface area contributed by atoms with Gasteiger partial charge in [-0.15, -0.1) is 0 Å². The highest BCUT2D eigenvalue weighted by molar-refractivity contribution is 5.86. The minimum atomic E-state index is 0.628. The zero-order valence-corrected chi connectivity index (χ0v) is 12.2. The highest BCUT2D eigenvalue weighted by Gasteiger charge is 2.07. The number of rotatable bonds is 5. The van der Waals surface area contributed by atoms with Gasteiger partial charge in [-0.05, 0) is 48.7 Å². The molecule has 0 saturated heterocycles. The van der Waals surface area contributed by atoms with Crippen molar-refractivity contribution in [2.45, 2.75) is 20.3 Å². The van der Waals surface area contributed by atoms with Gasteiger partial charge < -0.3 is 10.6 Å². The van der Waals surface area contributed by atoms with Crippen LogP contribution in [0.1, 0.15) is 18.9 Å². The molecule has 2 aromatic rings. The molecule has 0 fully saturated rings. The Morgan fingerprint density at radius 3 is 2.53 bits per heavy atom. The maximum atomic E-state index is 5.61. The lowest BCUT2D eigenvalue weighted by atomic mass is 10.1. The summed E-state index contributed by atoms with van der Waals surface area (Å²) in [6.45, 7) is 6.21. The smallest absolute Gasteiger partial charge is 0.0370 e. The van der Waals surface area contributed by atoms with Crippen molar-refractivity contribution in [1.29, 1.82) is 0 Å². The molecular formula is C17H24N2. The predicted molar refractivity (Wildman–Crippen MR) is 84.8 cm³/mol. The van der Waals surface area contributed by atoms with Crippen LogP contribution >= 0.6 is 0 Å². The van der Waals surface area contributed by atoms with Crippen molar-refractivity contribution >= 4 is 16.5 Å². The Bertz CT molecular complexity index is 548. The molecule has 2 nitrogen and oxygen atoms in total. The van der Waals surface area contributed by atoms with E-state index in [-0.39, 0.29) is 0 Å². The highest BCUT2D eigenvalue weighted by Crippen LogP contribution is 2.23. The first-order chi connectivity index (χ1) is 9.10. The molecule has 2 rings (SSSR count). The third kappa shape index (κ3) is 3.48. The van der Waals surface area contributed by atoms with Crippen LogP contribution in [0.5, 0.6) is 0 Å². The van der Waals surface area contributed by atoms with Gasteiger partial charge >= 0.3 is 0 Å². The fourth-order valence-corrected chi connectivity index (χ4v) is 2.54. The van der Waals surface area contributed by atoms with E-state index in [2.05, 4.69) is 62.2 Å². The number of nitrogens with two attached hydrogens (primary N) is 1. The molecule has 1 atom stereocenters. The summed E-state index contributed by atoms with van der Waals surface area (Å²) in [4.78, 5) is 2.32. The Kier molecular flexibility index (Phi) is 4.43. The second kappa shape index (κ2) is 6.07. The summed E-state index contributed by atoms with van der Waals surface area (Å²) in [5, 5.41) is 2.62. The van der Waals surface area contributed by atoms with Gasteiger partial charge in [-0.3, -0.25) is 0 Å². The molecule has 0 spiro atoms. The predicted octanol–water partition coefficient (Wildman–Crippen LogP) is 3.57. The third-order valence-electron chi connectivity index (χ3n) is 3.67. The lowest BCUT2D eigenvalue weighted by Crippen LogP contribution is -2.25. The standard InChI is InChI=1S/C17H24N2/c1-13-4-5-16-11-17(7-6-15(16)10-13)19(3)12-14(2)8-9-18/h4-7,10-11,14H,8-9,12,18H2,1-3H3. The second-order valence-electron chi connectivity index (χ2n) is 5.60. The highest BCUT2D eigenvalue weighted by atomic mass is 15.1. The molecule has 0 aliphatic carbocycles.